The van der Waals surface area contributed by atoms with Gasteiger partial charge in [0.25, 0.3) is 0 Å². The fraction of sp³-hybridized carbons (Fsp3) is 0.667. The van der Waals surface area contributed by atoms with E-state index in [2.05, 4.69) is 13.8 Å². The molecule has 2 aliphatic rings. The molecule has 0 aromatic carbocycles. The summed E-state index contributed by atoms with van der Waals surface area (Å²) in [6, 6.07) is 0. The quantitative estimate of drug-likeness (QED) is 0.636. The van der Waals surface area contributed by atoms with Gasteiger partial charge in [0.05, 0.1) is 0 Å². The summed E-state index contributed by atoms with van der Waals surface area (Å²) in [6.45, 7) is 4.20. The Labute approximate surface area is 84.4 Å². The molecule has 0 aliphatic heterocycles. The van der Waals surface area contributed by atoms with Crippen LogP contribution in [-0.2, 0) is 9.59 Å². The van der Waals surface area contributed by atoms with Crippen LogP contribution in [0.15, 0.2) is 12.2 Å². The molecule has 4 unspecified atom stereocenters. The minimum atomic E-state index is -0.0163. The highest BCUT2D eigenvalue weighted by Gasteiger charge is 2.47. The van der Waals surface area contributed by atoms with Crippen molar-refractivity contribution in [2.24, 2.45) is 23.7 Å². The molecule has 2 rings (SSSR count). The molecule has 0 aromatic heterocycles. The molecule has 0 aromatic rings. The molecule has 0 heterocycles. The van der Waals surface area contributed by atoms with E-state index in [1.807, 2.05) is 0 Å². The van der Waals surface area contributed by atoms with E-state index in [0.29, 0.717) is 11.8 Å². The molecule has 14 heavy (non-hydrogen) atoms. The summed E-state index contributed by atoms with van der Waals surface area (Å²) in [5.41, 5.74) is 0. The van der Waals surface area contributed by atoms with Crippen LogP contribution in [0.2, 0.25) is 0 Å². The van der Waals surface area contributed by atoms with Gasteiger partial charge >= 0.3 is 0 Å². The molecule has 0 spiro atoms. The van der Waals surface area contributed by atoms with Crippen LogP contribution in [0.5, 0.6) is 0 Å². The van der Waals surface area contributed by atoms with Gasteiger partial charge in [0.1, 0.15) is 0 Å². The first kappa shape index (κ1) is 9.63. The third-order valence-corrected chi connectivity index (χ3v) is 3.78. The smallest absolute Gasteiger partial charge is 0.159 e. The molecular weight excluding hydrogens is 176 g/mol. The zero-order chi connectivity index (χ0) is 10.3. The number of fused-ring (bicyclic) bond motifs is 1. The van der Waals surface area contributed by atoms with Crippen molar-refractivity contribution in [3.8, 4) is 0 Å². The Hall–Kier alpha value is -0.920. The molecule has 0 saturated heterocycles. The van der Waals surface area contributed by atoms with Crippen molar-refractivity contribution in [3.05, 3.63) is 12.2 Å². The fourth-order valence-corrected chi connectivity index (χ4v) is 3.09. The van der Waals surface area contributed by atoms with Crippen LogP contribution in [0, 0.1) is 23.7 Å². The Morgan fingerprint density at radius 2 is 1.79 bits per heavy atom. The number of carbonyl (C=O) groups is 2. The van der Waals surface area contributed by atoms with E-state index < -0.39 is 0 Å². The van der Waals surface area contributed by atoms with Crippen LogP contribution in [-0.4, -0.2) is 11.6 Å². The van der Waals surface area contributed by atoms with E-state index in [1.165, 1.54) is 12.2 Å². The number of ketones is 2. The summed E-state index contributed by atoms with van der Waals surface area (Å²) in [4.78, 5) is 23.4. The molecule has 0 N–H and O–H groups in total. The van der Waals surface area contributed by atoms with Gasteiger partial charge in [0, 0.05) is 11.8 Å². The fourth-order valence-electron chi connectivity index (χ4n) is 3.09. The van der Waals surface area contributed by atoms with Gasteiger partial charge in [-0.15, -0.1) is 0 Å². The number of hydrogen-bond donors (Lipinski definition) is 0. The largest absolute Gasteiger partial charge is 0.295 e. The molecule has 0 amide bonds. The second-order valence-electron chi connectivity index (χ2n) is 4.57. The van der Waals surface area contributed by atoms with Gasteiger partial charge in [-0.2, -0.15) is 0 Å². The minimum absolute atomic E-state index is 0.00694. The SMILES string of the molecule is CCC1CC(C)C2C(=O)C=CC(=O)C12. The predicted octanol–water partition coefficient (Wildman–Crippen LogP) is 1.99. The third kappa shape index (κ3) is 1.24. The van der Waals surface area contributed by atoms with Gasteiger partial charge < -0.3 is 0 Å². The molecule has 2 heteroatoms. The van der Waals surface area contributed by atoms with Crippen LogP contribution in [0.25, 0.3) is 0 Å². The normalized spacial score (nSPS) is 41.6. The number of carbonyl (C=O) groups excluding carboxylic acids is 2. The monoisotopic (exact) mass is 192 g/mol. The van der Waals surface area contributed by atoms with Crippen molar-refractivity contribution >= 4 is 11.6 Å². The molecule has 4 atom stereocenters. The maximum atomic E-state index is 11.7. The van der Waals surface area contributed by atoms with E-state index in [-0.39, 0.29) is 23.4 Å². The van der Waals surface area contributed by atoms with E-state index >= 15 is 0 Å². The van der Waals surface area contributed by atoms with Crippen LogP contribution >= 0.6 is 0 Å². The summed E-state index contributed by atoms with van der Waals surface area (Å²) < 4.78 is 0. The van der Waals surface area contributed by atoms with Crippen molar-refractivity contribution in [2.45, 2.75) is 26.7 Å². The van der Waals surface area contributed by atoms with Crippen LogP contribution in [0.1, 0.15) is 26.7 Å². The van der Waals surface area contributed by atoms with Gasteiger partial charge in [-0.3, -0.25) is 9.59 Å². The van der Waals surface area contributed by atoms with Crippen molar-refractivity contribution in [3.63, 3.8) is 0 Å². The lowest BCUT2D eigenvalue weighted by Crippen LogP contribution is -2.33. The van der Waals surface area contributed by atoms with Crippen LogP contribution in [0.3, 0.4) is 0 Å². The highest BCUT2D eigenvalue weighted by Crippen LogP contribution is 2.45. The Morgan fingerprint density at radius 1 is 1.21 bits per heavy atom. The van der Waals surface area contributed by atoms with Gasteiger partial charge in [-0.1, -0.05) is 20.3 Å². The first-order valence-corrected chi connectivity index (χ1v) is 5.41. The standard InChI is InChI=1S/C12H16O2/c1-3-8-6-7(2)11-9(13)4-5-10(14)12(8)11/h4-5,7-8,11-12H,3,6H2,1-2H3. The van der Waals surface area contributed by atoms with E-state index in [0.717, 1.165) is 12.8 Å². The van der Waals surface area contributed by atoms with E-state index in [9.17, 15) is 9.59 Å². The molecule has 0 radical (unpaired) electrons. The highest BCUT2D eigenvalue weighted by atomic mass is 16.1. The van der Waals surface area contributed by atoms with Crippen molar-refractivity contribution in [1.82, 2.24) is 0 Å². The highest BCUT2D eigenvalue weighted by molar-refractivity contribution is 6.07. The predicted molar refractivity (Wildman–Crippen MR) is 53.7 cm³/mol. The van der Waals surface area contributed by atoms with Gasteiger partial charge in [0.2, 0.25) is 0 Å². The van der Waals surface area contributed by atoms with Gasteiger partial charge in [-0.25, -0.2) is 0 Å². The summed E-state index contributed by atoms with van der Waals surface area (Å²) in [5, 5.41) is 0. The molecule has 1 fully saturated rings. The lowest BCUT2D eigenvalue weighted by molar-refractivity contribution is -0.129. The Balaban J connectivity index is 2.34. The van der Waals surface area contributed by atoms with Gasteiger partial charge in [-0.05, 0) is 30.4 Å². The molecule has 1 saturated carbocycles. The van der Waals surface area contributed by atoms with Crippen molar-refractivity contribution in [1.29, 1.82) is 0 Å². The molecule has 0 bridgehead atoms. The average Bonchev–Trinajstić information content (AvgIpc) is 2.50. The maximum absolute atomic E-state index is 11.7. The van der Waals surface area contributed by atoms with Crippen molar-refractivity contribution in [2.75, 3.05) is 0 Å². The number of hydrogen-bond acceptors (Lipinski definition) is 2. The first-order valence-electron chi connectivity index (χ1n) is 5.41. The third-order valence-electron chi connectivity index (χ3n) is 3.78. The lowest BCUT2D eigenvalue weighted by Gasteiger charge is -2.24. The summed E-state index contributed by atoms with van der Waals surface area (Å²) in [7, 11) is 0. The second-order valence-corrected chi connectivity index (χ2v) is 4.57. The second kappa shape index (κ2) is 3.34. The lowest BCUT2D eigenvalue weighted by atomic mass is 9.77. The van der Waals surface area contributed by atoms with Gasteiger partial charge in [0.15, 0.2) is 11.6 Å². The van der Waals surface area contributed by atoms with E-state index in [4.69, 9.17) is 0 Å². The molecule has 76 valence electrons. The Kier molecular flexibility index (Phi) is 2.30. The average molecular weight is 192 g/mol. The molecular formula is C12H16O2. The summed E-state index contributed by atoms with van der Waals surface area (Å²) in [5.74, 6) is 1.12. The Morgan fingerprint density at radius 3 is 2.36 bits per heavy atom. The molecule has 2 aliphatic carbocycles. The zero-order valence-corrected chi connectivity index (χ0v) is 8.69. The maximum Gasteiger partial charge on any atom is 0.159 e. The van der Waals surface area contributed by atoms with Crippen molar-refractivity contribution < 1.29 is 9.59 Å². The van der Waals surface area contributed by atoms with Crippen LogP contribution < -0.4 is 0 Å². The zero-order valence-electron chi connectivity index (χ0n) is 8.69. The number of rotatable bonds is 1. The minimum Gasteiger partial charge on any atom is -0.295 e. The topological polar surface area (TPSA) is 34.1 Å². The summed E-state index contributed by atoms with van der Waals surface area (Å²) >= 11 is 0. The molecule has 2 nitrogen and oxygen atoms in total. The Bertz CT molecular complexity index is 303. The van der Waals surface area contributed by atoms with Crippen LogP contribution in [0.4, 0.5) is 0 Å². The number of allylic oxidation sites excluding steroid dienone is 2. The van der Waals surface area contributed by atoms with E-state index in [1.54, 1.807) is 0 Å². The first-order chi connectivity index (χ1) is 6.65. The summed E-state index contributed by atoms with van der Waals surface area (Å²) in [6.07, 6.45) is 4.99.